The van der Waals surface area contributed by atoms with Crippen LogP contribution in [0.25, 0.3) is 0 Å². The summed E-state index contributed by atoms with van der Waals surface area (Å²) in [4.78, 5) is 12.0. The maximum atomic E-state index is 12.0. The van der Waals surface area contributed by atoms with Gasteiger partial charge in [-0.15, -0.1) is 0 Å². The zero-order valence-electron chi connectivity index (χ0n) is 12.0. The van der Waals surface area contributed by atoms with E-state index in [0.717, 1.165) is 18.8 Å². The zero-order chi connectivity index (χ0) is 13.1. The van der Waals surface area contributed by atoms with E-state index in [1.807, 2.05) is 0 Å². The molecule has 3 aliphatic rings. The van der Waals surface area contributed by atoms with Gasteiger partial charge in [0.25, 0.3) is 0 Å². The first-order valence-corrected chi connectivity index (χ1v) is 7.41. The number of fused-ring (bicyclic) bond motifs is 2. The van der Waals surface area contributed by atoms with Crippen molar-refractivity contribution in [2.45, 2.75) is 65.5 Å². The van der Waals surface area contributed by atoms with Crippen molar-refractivity contribution in [2.75, 3.05) is 0 Å². The highest BCUT2D eigenvalue weighted by Crippen LogP contribution is 2.65. The molecule has 0 spiro atoms. The molecular formula is C15H26N2O. The summed E-state index contributed by atoms with van der Waals surface area (Å²) >= 11 is 0. The molecule has 0 heterocycles. The van der Waals surface area contributed by atoms with Crippen LogP contribution in [-0.2, 0) is 0 Å². The summed E-state index contributed by atoms with van der Waals surface area (Å²) < 4.78 is 0. The highest BCUT2D eigenvalue weighted by atomic mass is 16.2. The molecule has 3 rings (SSSR count). The quantitative estimate of drug-likeness (QED) is 0.777. The lowest BCUT2D eigenvalue weighted by Crippen LogP contribution is -2.50. The highest BCUT2D eigenvalue weighted by molar-refractivity contribution is 5.75. The first-order chi connectivity index (χ1) is 8.34. The van der Waals surface area contributed by atoms with E-state index >= 15 is 0 Å². The fraction of sp³-hybridized carbons (Fsp3) is 0.933. The molecule has 102 valence electrons. The third-order valence-corrected chi connectivity index (χ3v) is 6.53. The molecule has 2 amide bonds. The molecular weight excluding hydrogens is 224 g/mol. The van der Waals surface area contributed by atoms with Gasteiger partial charge in [-0.25, -0.2) is 4.79 Å². The van der Waals surface area contributed by atoms with Crippen LogP contribution in [0.2, 0.25) is 0 Å². The SMILES string of the molecule is C[C@@H]1C[C@H]1NC(=O)N[C@@H]1C[C@H]2CC[C@@]1(C)C2(C)C. The Labute approximate surface area is 110 Å². The van der Waals surface area contributed by atoms with Gasteiger partial charge >= 0.3 is 6.03 Å². The van der Waals surface area contributed by atoms with Crippen molar-refractivity contribution in [1.82, 2.24) is 10.6 Å². The van der Waals surface area contributed by atoms with Crippen molar-refractivity contribution in [1.29, 1.82) is 0 Å². The molecule has 5 atom stereocenters. The van der Waals surface area contributed by atoms with Gasteiger partial charge in [0.2, 0.25) is 0 Å². The minimum Gasteiger partial charge on any atom is -0.335 e. The Kier molecular flexibility index (Phi) is 2.49. The Bertz CT molecular complexity index is 379. The largest absolute Gasteiger partial charge is 0.335 e. The first kappa shape index (κ1) is 12.3. The molecule has 3 aliphatic carbocycles. The molecule has 0 unspecified atom stereocenters. The molecule has 0 aromatic heterocycles. The van der Waals surface area contributed by atoms with Gasteiger partial charge in [0.05, 0.1) is 0 Å². The summed E-state index contributed by atoms with van der Waals surface area (Å²) in [5.74, 6) is 1.45. The number of nitrogens with one attached hydrogen (secondary N) is 2. The van der Waals surface area contributed by atoms with Crippen molar-refractivity contribution in [3.63, 3.8) is 0 Å². The number of carbonyl (C=O) groups excluding carboxylic acids is 1. The Balaban J connectivity index is 1.63. The van der Waals surface area contributed by atoms with E-state index in [-0.39, 0.29) is 11.4 Å². The minimum absolute atomic E-state index is 0.0546. The summed E-state index contributed by atoms with van der Waals surface area (Å²) in [5.41, 5.74) is 0.655. The Morgan fingerprint density at radius 3 is 2.28 bits per heavy atom. The van der Waals surface area contributed by atoms with Crippen LogP contribution in [-0.4, -0.2) is 18.1 Å². The van der Waals surface area contributed by atoms with E-state index < -0.39 is 0 Å². The van der Waals surface area contributed by atoms with Crippen molar-refractivity contribution in [3.8, 4) is 0 Å². The van der Waals surface area contributed by atoms with E-state index in [1.54, 1.807) is 0 Å². The summed E-state index contributed by atoms with van der Waals surface area (Å²) in [6, 6.07) is 0.837. The second-order valence-electron chi connectivity index (χ2n) is 7.60. The highest BCUT2D eigenvalue weighted by Gasteiger charge is 2.61. The van der Waals surface area contributed by atoms with Crippen LogP contribution in [0.3, 0.4) is 0 Å². The van der Waals surface area contributed by atoms with E-state index in [1.165, 1.54) is 12.8 Å². The molecule has 0 saturated heterocycles. The van der Waals surface area contributed by atoms with Crippen LogP contribution < -0.4 is 10.6 Å². The predicted molar refractivity (Wildman–Crippen MR) is 72.3 cm³/mol. The first-order valence-electron chi connectivity index (χ1n) is 7.41. The van der Waals surface area contributed by atoms with Gasteiger partial charge in [0.15, 0.2) is 0 Å². The number of carbonyl (C=O) groups is 1. The monoisotopic (exact) mass is 250 g/mol. The van der Waals surface area contributed by atoms with Crippen LogP contribution in [0.1, 0.15) is 53.4 Å². The molecule has 0 aromatic carbocycles. The molecule has 3 fully saturated rings. The van der Waals surface area contributed by atoms with E-state index in [0.29, 0.717) is 23.4 Å². The van der Waals surface area contributed by atoms with Crippen molar-refractivity contribution in [2.24, 2.45) is 22.7 Å². The molecule has 3 nitrogen and oxygen atoms in total. The molecule has 18 heavy (non-hydrogen) atoms. The van der Waals surface area contributed by atoms with Crippen molar-refractivity contribution >= 4 is 6.03 Å². The van der Waals surface area contributed by atoms with Gasteiger partial charge in [0, 0.05) is 12.1 Å². The normalized spacial score (nSPS) is 48.0. The Morgan fingerprint density at radius 2 is 1.83 bits per heavy atom. The molecule has 0 radical (unpaired) electrons. The Hall–Kier alpha value is -0.730. The second kappa shape index (κ2) is 3.64. The summed E-state index contributed by atoms with van der Waals surface area (Å²) in [6.45, 7) is 9.32. The fourth-order valence-electron chi connectivity index (χ4n) is 4.31. The third kappa shape index (κ3) is 1.59. The zero-order valence-corrected chi connectivity index (χ0v) is 12.0. The number of hydrogen-bond donors (Lipinski definition) is 2. The van der Waals surface area contributed by atoms with Crippen LogP contribution in [0.5, 0.6) is 0 Å². The topological polar surface area (TPSA) is 41.1 Å². The van der Waals surface area contributed by atoms with Gasteiger partial charge in [-0.2, -0.15) is 0 Å². The number of amides is 2. The van der Waals surface area contributed by atoms with Gasteiger partial charge in [-0.3, -0.25) is 0 Å². The lowest BCUT2D eigenvalue weighted by molar-refractivity contribution is 0.123. The van der Waals surface area contributed by atoms with Gasteiger partial charge in [0.1, 0.15) is 0 Å². The standard InChI is InChI=1S/C15H26N2O/c1-9-7-11(9)16-13(18)17-12-8-10-5-6-15(12,4)14(10,2)3/h9-12H,5-8H2,1-4H3,(H2,16,17,18)/t9-,10-,11-,12-,15-/m1/s1. The van der Waals surface area contributed by atoms with E-state index in [4.69, 9.17) is 0 Å². The lowest BCUT2D eigenvalue weighted by atomic mass is 9.69. The van der Waals surface area contributed by atoms with Crippen LogP contribution in [0, 0.1) is 22.7 Å². The molecule has 3 heteroatoms. The van der Waals surface area contributed by atoms with Gasteiger partial charge in [-0.1, -0.05) is 27.7 Å². The molecule has 2 N–H and O–H groups in total. The summed E-state index contributed by atoms with van der Waals surface area (Å²) in [7, 11) is 0. The maximum absolute atomic E-state index is 12.0. The summed E-state index contributed by atoms with van der Waals surface area (Å²) in [6.07, 6.45) is 4.90. The maximum Gasteiger partial charge on any atom is 0.315 e. The van der Waals surface area contributed by atoms with Crippen molar-refractivity contribution in [3.05, 3.63) is 0 Å². The average Bonchev–Trinajstić information content (AvgIpc) is 2.86. The van der Waals surface area contributed by atoms with E-state index in [9.17, 15) is 4.79 Å². The number of rotatable bonds is 2. The van der Waals surface area contributed by atoms with Gasteiger partial charge < -0.3 is 10.6 Å². The minimum atomic E-state index is 0.0546. The molecule has 0 aliphatic heterocycles. The fourth-order valence-corrected chi connectivity index (χ4v) is 4.31. The number of urea groups is 1. The van der Waals surface area contributed by atoms with Crippen LogP contribution in [0.15, 0.2) is 0 Å². The predicted octanol–water partition coefficient (Wildman–Crippen LogP) is 2.91. The van der Waals surface area contributed by atoms with Crippen LogP contribution in [0.4, 0.5) is 4.79 Å². The lowest BCUT2D eigenvalue weighted by Gasteiger charge is -2.39. The van der Waals surface area contributed by atoms with Gasteiger partial charge in [-0.05, 0) is 48.3 Å². The van der Waals surface area contributed by atoms with Crippen molar-refractivity contribution < 1.29 is 4.79 Å². The number of hydrogen-bond acceptors (Lipinski definition) is 1. The average molecular weight is 250 g/mol. The van der Waals surface area contributed by atoms with E-state index in [2.05, 4.69) is 38.3 Å². The molecule has 0 aromatic rings. The summed E-state index contributed by atoms with van der Waals surface area (Å²) in [5, 5.41) is 6.33. The second-order valence-corrected chi connectivity index (χ2v) is 7.60. The molecule has 3 saturated carbocycles. The Morgan fingerprint density at radius 1 is 1.17 bits per heavy atom. The molecule has 2 bridgehead atoms. The van der Waals surface area contributed by atoms with Crippen LogP contribution >= 0.6 is 0 Å². The third-order valence-electron chi connectivity index (χ3n) is 6.53. The smallest absolute Gasteiger partial charge is 0.315 e.